The Morgan fingerprint density at radius 2 is 1.81 bits per heavy atom. The summed E-state index contributed by atoms with van der Waals surface area (Å²) in [5.41, 5.74) is 1.68. The van der Waals surface area contributed by atoms with Crippen molar-refractivity contribution in [1.82, 2.24) is 20.3 Å². The Hall–Kier alpha value is -2.64. The van der Waals surface area contributed by atoms with Gasteiger partial charge < -0.3 is 8.94 Å². The van der Waals surface area contributed by atoms with Crippen LogP contribution >= 0.6 is 23.4 Å². The Kier molecular flexibility index (Phi) is 4.73. The number of hydrogen-bond acceptors (Lipinski definition) is 7. The highest BCUT2D eigenvalue weighted by Gasteiger charge is 2.20. The van der Waals surface area contributed by atoms with Crippen molar-refractivity contribution >= 4 is 23.4 Å². The number of nitrogens with zero attached hydrogens (tertiary/aromatic N) is 4. The molecule has 130 valence electrons. The molecule has 0 aliphatic rings. The first-order valence-electron chi connectivity index (χ1n) is 7.84. The van der Waals surface area contributed by atoms with E-state index in [2.05, 4.69) is 20.3 Å². The molecule has 0 aliphatic carbocycles. The Morgan fingerprint density at radius 3 is 2.62 bits per heavy atom. The third-order valence-corrected chi connectivity index (χ3v) is 4.73. The minimum absolute atomic E-state index is 0.132. The molecule has 2 heterocycles. The molecular weight excluding hydrogens is 372 g/mol. The van der Waals surface area contributed by atoms with Gasteiger partial charge in [-0.3, -0.25) is 0 Å². The highest BCUT2D eigenvalue weighted by Crippen LogP contribution is 2.35. The third kappa shape index (κ3) is 3.63. The largest absolute Gasteiger partial charge is 0.411 e. The first kappa shape index (κ1) is 16.8. The molecule has 0 aliphatic heterocycles. The summed E-state index contributed by atoms with van der Waals surface area (Å²) in [5, 5.41) is 13.1. The lowest BCUT2D eigenvalue weighted by Crippen LogP contribution is -1.89. The minimum Gasteiger partial charge on any atom is -0.411 e. The SMILES string of the molecule is C[C@@H](Sc1nnc(-c2cccc(Cl)c2)o1)c1nc(-c2ccccc2)no1. The molecule has 0 amide bonds. The topological polar surface area (TPSA) is 77.8 Å². The summed E-state index contributed by atoms with van der Waals surface area (Å²) in [6.07, 6.45) is 0. The van der Waals surface area contributed by atoms with Gasteiger partial charge in [0.2, 0.25) is 17.6 Å². The first-order chi connectivity index (χ1) is 12.7. The molecule has 4 aromatic rings. The Morgan fingerprint density at radius 1 is 1.00 bits per heavy atom. The van der Waals surface area contributed by atoms with Crippen molar-refractivity contribution in [2.75, 3.05) is 0 Å². The van der Waals surface area contributed by atoms with E-state index in [1.165, 1.54) is 11.8 Å². The lowest BCUT2D eigenvalue weighted by molar-refractivity contribution is 0.379. The van der Waals surface area contributed by atoms with Gasteiger partial charge in [-0.05, 0) is 25.1 Å². The maximum Gasteiger partial charge on any atom is 0.277 e. The Balaban J connectivity index is 1.49. The van der Waals surface area contributed by atoms with E-state index >= 15 is 0 Å². The molecule has 0 saturated carbocycles. The summed E-state index contributed by atoms with van der Waals surface area (Å²) in [5.74, 6) is 1.47. The summed E-state index contributed by atoms with van der Waals surface area (Å²) in [7, 11) is 0. The molecule has 0 saturated heterocycles. The Bertz CT molecular complexity index is 1020. The zero-order valence-corrected chi connectivity index (χ0v) is 15.2. The highest BCUT2D eigenvalue weighted by atomic mass is 35.5. The van der Waals surface area contributed by atoms with E-state index in [-0.39, 0.29) is 5.25 Å². The zero-order valence-electron chi connectivity index (χ0n) is 13.7. The van der Waals surface area contributed by atoms with Crippen molar-refractivity contribution in [1.29, 1.82) is 0 Å². The molecule has 6 nitrogen and oxygen atoms in total. The first-order valence-corrected chi connectivity index (χ1v) is 9.10. The molecule has 0 N–H and O–H groups in total. The molecule has 0 unspecified atom stereocenters. The summed E-state index contributed by atoms with van der Waals surface area (Å²) in [6.45, 7) is 1.94. The standard InChI is InChI=1S/C18H13ClN4O2S/c1-11(16-20-15(23-25-16)12-6-3-2-4-7-12)26-18-22-21-17(24-18)13-8-5-9-14(19)10-13/h2-11H,1H3/t11-/m1/s1. The lowest BCUT2D eigenvalue weighted by Gasteiger charge is -2.01. The quantitative estimate of drug-likeness (QED) is 0.432. The second kappa shape index (κ2) is 7.31. The fourth-order valence-electron chi connectivity index (χ4n) is 2.30. The maximum absolute atomic E-state index is 6.00. The van der Waals surface area contributed by atoms with Crippen molar-refractivity contribution in [2.24, 2.45) is 0 Å². The number of benzene rings is 2. The van der Waals surface area contributed by atoms with Gasteiger partial charge in [0.15, 0.2) is 0 Å². The average Bonchev–Trinajstić information content (AvgIpc) is 3.32. The van der Waals surface area contributed by atoms with Crippen molar-refractivity contribution in [3.8, 4) is 22.8 Å². The molecule has 0 spiro atoms. The number of halogens is 1. The van der Waals surface area contributed by atoms with Gasteiger partial charge in [-0.15, -0.1) is 10.2 Å². The second-order valence-corrected chi connectivity index (χ2v) is 7.19. The summed E-state index contributed by atoms with van der Waals surface area (Å²) in [4.78, 5) is 4.45. The third-order valence-electron chi connectivity index (χ3n) is 3.58. The summed E-state index contributed by atoms with van der Waals surface area (Å²) in [6, 6.07) is 16.9. The van der Waals surface area contributed by atoms with Gasteiger partial charge in [-0.1, -0.05) is 64.9 Å². The number of thioether (sulfide) groups is 1. The minimum atomic E-state index is -0.132. The molecule has 26 heavy (non-hydrogen) atoms. The predicted molar refractivity (Wildman–Crippen MR) is 98.8 cm³/mol. The average molecular weight is 385 g/mol. The molecule has 1 atom stereocenters. The van der Waals surface area contributed by atoms with Crippen LogP contribution in [0.2, 0.25) is 5.02 Å². The predicted octanol–water partition coefficient (Wildman–Crippen LogP) is 5.29. The van der Waals surface area contributed by atoms with Gasteiger partial charge in [-0.2, -0.15) is 4.98 Å². The van der Waals surface area contributed by atoms with E-state index < -0.39 is 0 Å². The van der Waals surface area contributed by atoms with E-state index in [1.807, 2.05) is 49.4 Å². The van der Waals surface area contributed by atoms with Crippen molar-refractivity contribution in [2.45, 2.75) is 17.4 Å². The van der Waals surface area contributed by atoms with Crippen LogP contribution in [0.4, 0.5) is 0 Å². The van der Waals surface area contributed by atoms with Crippen LogP contribution in [0, 0.1) is 0 Å². The lowest BCUT2D eigenvalue weighted by atomic mass is 10.2. The fraction of sp³-hybridized carbons (Fsp3) is 0.111. The molecular formula is C18H13ClN4O2S. The van der Waals surface area contributed by atoms with Crippen LogP contribution in [0.3, 0.4) is 0 Å². The molecule has 4 rings (SSSR count). The molecule has 2 aromatic carbocycles. The van der Waals surface area contributed by atoms with E-state index in [9.17, 15) is 0 Å². The highest BCUT2D eigenvalue weighted by molar-refractivity contribution is 7.99. The molecule has 0 bridgehead atoms. The normalized spacial score (nSPS) is 12.2. The molecule has 0 fully saturated rings. The fourth-order valence-corrected chi connectivity index (χ4v) is 3.21. The van der Waals surface area contributed by atoms with E-state index in [4.69, 9.17) is 20.5 Å². The van der Waals surface area contributed by atoms with Gasteiger partial charge in [-0.25, -0.2) is 0 Å². The second-order valence-electron chi connectivity index (χ2n) is 5.47. The van der Waals surface area contributed by atoms with Crippen LogP contribution in [-0.2, 0) is 0 Å². The number of rotatable bonds is 5. The van der Waals surface area contributed by atoms with Crippen LogP contribution in [0.15, 0.2) is 68.8 Å². The van der Waals surface area contributed by atoms with Crippen molar-refractivity contribution < 1.29 is 8.94 Å². The summed E-state index contributed by atoms with van der Waals surface area (Å²) < 4.78 is 11.1. The zero-order chi connectivity index (χ0) is 17.9. The van der Waals surface area contributed by atoms with Gasteiger partial charge in [0, 0.05) is 16.1 Å². The monoisotopic (exact) mass is 384 g/mol. The van der Waals surface area contributed by atoms with E-state index in [0.717, 1.165) is 11.1 Å². The van der Waals surface area contributed by atoms with Gasteiger partial charge in [0.25, 0.3) is 5.22 Å². The molecule has 8 heteroatoms. The van der Waals surface area contributed by atoms with Crippen LogP contribution < -0.4 is 0 Å². The van der Waals surface area contributed by atoms with Gasteiger partial charge in [0.05, 0.1) is 5.25 Å². The summed E-state index contributed by atoms with van der Waals surface area (Å²) >= 11 is 7.35. The van der Waals surface area contributed by atoms with Crippen LogP contribution in [0.25, 0.3) is 22.8 Å². The van der Waals surface area contributed by atoms with Gasteiger partial charge >= 0.3 is 0 Å². The number of aromatic nitrogens is 4. The van der Waals surface area contributed by atoms with Crippen molar-refractivity contribution in [3.63, 3.8) is 0 Å². The Labute approximate surface area is 158 Å². The van der Waals surface area contributed by atoms with Crippen LogP contribution in [0.5, 0.6) is 0 Å². The number of hydrogen-bond donors (Lipinski definition) is 0. The van der Waals surface area contributed by atoms with Crippen molar-refractivity contribution in [3.05, 3.63) is 65.5 Å². The van der Waals surface area contributed by atoms with Crippen LogP contribution in [-0.4, -0.2) is 20.3 Å². The molecule has 2 aromatic heterocycles. The van der Waals surface area contributed by atoms with Crippen LogP contribution in [0.1, 0.15) is 18.1 Å². The maximum atomic E-state index is 6.00. The van der Waals surface area contributed by atoms with E-state index in [1.54, 1.807) is 12.1 Å². The van der Waals surface area contributed by atoms with E-state index in [0.29, 0.717) is 27.9 Å². The smallest absolute Gasteiger partial charge is 0.277 e. The molecule has 0 radical (unpaired) electrons. The van der Waals surface area contributed by atoms with Gasteiger partial charge in [0.1, 0.15) is 0 Å².